The highest BCUT2D eigenvalue weighted by molar-refractivity contribution is 5.74. The highest BCUT2D eigenvalue weighted by Gasteiger charge is 2.29. The first-order valence-corrected chi connectivity index (χ1v) is 6.27. The maximum Gasteiger partial charge on any atom is 0.315 e. The summed E-state index contributed by atoms with van der Waals surface area (Å²) in [6.07, 6.45) is 4.69. The van der Waals surface area contributed by atoms with Crippen LogP contribution in [0.2, 0.25) is 0 Å². The molecular weight excluding hydrogens is 200 g/mol. The van der Waals surface area contributed by atoms with Crippen LogP contribution in [-0.2, 0) is 0 Å². The molecule has 2 N–H and O–H groups in total. The zero-order chi connectivity index (χ0) is 12.4. The molecule has 0 bridgehead atoms. The van der Waals surface area contributed by atoms with E-state index in [1.165, 1.54) is 12.8 Å². The van der Waals surface area contributed by atoms with E-state index in [1.807, 2.05) is 20.8 Å². The summed E-state index contributed by atoms with van der Waals surface area (Å²) in [5, 5.41) is 6.02. The summed E-state index contributed by atoms with van der Waals surface area (Å²) in [5.41, 5.74) is 0.214. The van der Waals surface area contributed by atoms with Crippen LogP contribution in [0.4, 0.5) is 4.79 Å². The third kappa shape index (κ3) is 4.86. The van der Waals surface area contributed by atoms with Gasteiger partial charge in [-0.2, -0.15) is 0 Å². The topological polar surface area (TPSA) is 41.1 Å². The minimum absolute atomic E-state index is 0.0322. The number of hydrogen-bond acceptors (Lipinski definition) is 1. The van der Waals surface area contributed by atoms with Gasteiger partial charge in [0.15, 0.2) is 0 Å². The van der Waals surface area contributed by atoms with Crippen LogP contribution in [-0.4, -0.2) is 17.6 Å². The van der Waals surface area contributed by atoms with Gasteiger partial charge < -0.3 is 10.6 Å². The van der Waals surface area contributed by atoms with Gasteiger partial charge in [0, 0.05) is 11.6 Å². The molecule has 0 aromatic heterocycles. The van der Waals surface area contributed by atoms with Crippen molar-refractivity contribution in [1.29, 1.82) is 0 Å². The van der Waals surface area contributed by atoms with Crippen molar-refractivity contribution in [3.8, 4) is 0 Å². The predicted molar refractivity (Wildman–Crippen MR) is 67.5 cm³/mol. The zero-order valence-electron chi connectivity index (χ0n) is 11.3. The molecule has 1 atom stereocenters. The van der Waals surface area contributed by atoms with Crippen LogP contribution in [0.25, 0.3) is 0 Å². The number of carbonyl (C=O) groups is 1. The van der Waals surface area contributed by atoms with Crippen molar-refractivity contribution in [3.63, 3.8) is 0 Å². The van der Waals surface area contributed by atoms with E-state index < -0.39 is 0 Å². The average molecular weight is 226 g/mol. The van der Waals surface area contributed by atoms with E-state index in [0.29, 0.717) is 11.5 Å². The van der Waals surface area contributed by atoms with Crippen molar-refractivity contribution in [2.45, 2.75) is 71.9 Å². The molecule has 16 heavy (non-hydrogen) atoms. The van der Waals surface area contributed by atoms with Gasteiger partial charge in [0.1, 0.15) is 0 Å². The molecule has 0 aliphatic heterocycles. The van der Waals surface area contributed by atoms with E-state index >= 15 is 0 Å². The normalized spacial score (nSPS) is 24.9. The Morgan fingerprint density at radius 2 is 1.94 bits per heavy atom. The van der Waals surface area contributed by atoms with E-state index in [4.69, 9.17) is 0 Å². The molecule has 0 heterocycles. The maximum absolute atomic E-state index is 11.7. The lowest BCUT2D eigenvalue weighted by Gasteiger charge is -2.36. The van der Waals surface area contributed by atoms with E-state index in [0.717, 1.165) is 12.8 Å². The summed E-state index contributed by atoms with van der Waals surface area (Å²) in [6.45, 7) is 10.6. The minimum Gasteiger partial charge on any atom is -0.335 e. The first-order chi connectivity index (χ1) is 7.18. The maximum atomic E-state index is 11.7. The molecule has 1 aliphatic rings. The third-order valence-corrected chi connectivity index (χ3v) is 3.03. The second kappa shape index (κ2) is 4.64. The quantitative estimate of drug-likeness (QED) is 0.709. The standard InChI is InChI=1S/C13H26N2O/c1-12(2,3)15-11(16)14-10-7-6-8-13(4,5)9-10/h10H,6-9H2,1-5H3,(H2,14,15,16). The number of rotatable bonds is 1. The molecule has 2 amide bonds. The summed E-state index contributed by atoms with van der Waals surface area (Å²) in [4.78, 5) is 11.7. The average Bonchev–Trinajstić information content (AvgIpc) is 1.96. The summed E-state index contributed by atoms with van der Waals surface area (Å²) < 4.78 is 0. The highest BCUT2D eigenvalue weighted by Crippen LogP contribution is 2.34. The fourth-order valence-electron chi connectivity index (χ4n) is 2.38. The Hall–Kier alpha value is -0.730. The lowest BCUT2D eigenvalue weighted by atomic mass is 9.75. The Labute approximate surface area is 99.4 Å². The molecular formula is C13H26N2O. The Balaban J connectivity index is 2.40. The Bertz CT molecular complexity index is 253. The van der Waals surface area contributed by atoms with Gasteiger partial charge in [-0.05, 0) is 45.4 Å². The first kappa shape index (κ1) is 13.3. The summed E-state index contributed by atoms with van der Waals surface area (Å²) >= 11 is 0. The van der Waals surface area contributed by atoms with Gasteiger partial charge >= 0.3 is 6.03 Å². The largest absolute Gasteiger partial charge is 0.335 e. The van der Waals surface area contributed by atoms with E-state index in [9.17, 15) is 4.79 Å². The zero-order valence-corrected chi connectivity index (χ0v) is 11.3. The predicted octanol–water partition coefficient (Wildman–Crippen LogP) is 3.05. The van der Waals surface area contributed by atoms with Crippen LogP contribution in [0.5, 0.6) is 0 Å². The van der Waals surface area contributed by atoms with Crippen LogP contribution >= 0.6 is 0 Å². The molecule has 0 aromatic rings. The Morgan fingerprint density at radius 1 is 1.31 bits per heavy atom. The van der Waals surface area contributed by atoms with Crippen molar-refractivity contribution < 1.29 is 4.79 Å². The van der Waals surface area contributed by atoms with Gasteiger partial charge in [-0.1, -0.05) is 20.3 Å². The third-order valence-electron chi connectivity index (χ3n) is 3.03. The SMILES string of the molecule is CC1(C)CCCC(NC(=O)NC(C)(C)C)C1. The van der Waals surface area contributed by atoms with Crippen molar-refractivity contribution in [3.05, 3.63) is 0 Å². The summed E-state index contributed by atoms with van der Waals surface area (Å²) in [7, 11) is 0. The number of nitrogens with one attached hydrogen (secondary N) is 2. The lowest BCUT2D eigenvalue weighted by Crippen LogP contribution is -2.51. The van der Waals surface area contributed by atoms with Gasteiger partial charge in [-0.3, -0.25) is 0 Å². The number of hydrogen-bond donors (Lipinski definition) is 2. The molecule has 0 saturated heterocycles. The Morgan fingerprint density at radius 3 is 2.44 bits per heavy atom. The van der Waals surface area contributed by atoms with Crippen LogP contribution in [0, 0.1) is 5.41 Å². The smallest absolute Gasteiger partial charge is 0.315 e. The minimum atomic E-state index is -0.158. The van der Waals surface area contributed by atoms with Gasteiger partial charge in [0.05, 0.1) is 0 Å². The summed E-state index contributed by atoms with van der Waals surface area (Å²) in [5.74, 6) is 0. The van der Waals surface area contributed by atoms with Crippen molar-refractivity contribution in [1.82, 2.24) is 10.6 Å². The number of carbonyl (C=O) groups excluding carboxylic acids is 1. The van der Waals surface area contributed by atoms with Crippen LogP contribution < -0.4 is 10.6 Å². The molecule has 0 radical (unpaired) electrons. The van der Waals surface area contributed by atoms with E-state index in [2.05, 4.69) is 24.5 Å². The van der Waals surface area contributed by atoms with Gasteiger partial charge in [0.2, 0.25) is 0 Å². The van der Waals surface area contributed by atoms with Crippen LogP contribution in [0.3, 0.4) is 0 Å². The van der Waals surface area contributed by atoms with Gasteiger partial charge in [0.25, 0.3) is 0 Å². The van der Waals surface area contributed by atoms with E-state index in [1.54, 1.807) is 0 Å². The van der Waals surface area contributed by atoms with Crippen molar-refractivity contribution in [2.24, 2.45) is 5.41 Å². The second-order valence-electron chi connectivity index (χ2n) is 6.81. The van der Waals surface area contributed by atoms with Crippen LogP contribution in [0.15, 0.2) is 0 Å². The molecule has 1 unspecified atom stereocenters. The number of amides is 2. The summed E-state index contributed by atoms with van der Waals surface area (Å²) in [6, 6.07) is 0.307. The highest BCUT2D eigenvalue weighted by atomic mass is 16.2. The molecule has 3 nitrogen and oxygen atoms in total. The monoisotopic (exact) mass is 226 g/mol. The fraction of sp³-hybridized carbons (Fsp3) is 0.923. The lowest BCUT2D eigenvalue weighted by molar-refractivity contribution is 0.188. The molecule has 0 aromatic carbocycles. The molecule has 1 rings (SSSR count). The Kier molecular flexibility index (Phi) is 3.87. The molecule has 1 aliphatic carbocycles. The molecule has 1 fully saturated rings. The molecule has 3 heteroatoms. The fourth-order valence-corrected chi connectivity index (χ4v) is 2.38. The first-order valence-electron chi connectivity index (χ1n) is 6.27. The molecule has 94 valence electrons. The van der Waals surface area contributed by atoms with Crippen LogP contribution in [0.1, 0.15) is 60.3 Å². The van der Waals surface area contributed by atoms with Crippen molar-refractivity contribution >= 4 is 6.03 Å². The second-order valence-corrected chi connectivity index (χ2v) is 6.81. The molecule has 1 saturated carbocycles. The molecule has 0 spiro atoms. The van der Waals surface area contributed by atoms with Gasteiger partial charge in [-0.25, -0.2) is 4.79 Å². The van der Waals surface area contributed by atoms with Crippen molar-refractivity contribution in [2.75, 3.05) is 0 Å². The van der Waals surface area contributed by atoms with Gasteiger partial charge in [-0.15, -0.1) is 0 Å². The number of urea groups is 1. The van der Waals surface area contributed by atoms with E-state index in [-0.39, 0.29) is 11.6 Å².